The summed E-state index contributed by atoms with van der Waals surface area (Å²) < 4.78 is 87.6. The van der Waals surface area contributed by atoms with E-state index in [1.165, 1.54) is 16.6 Å². The Labute approximate surface area is 283 Å². The predicted molar refractivity (Wildman–Crippen MR) is 179 cm³/mol. The van der Waals surface area contributed by atoms with E-state index in [0.717, 1.165) is 4.67 Å². The summed E-state index contributed by atoms with van der Waals surface area (Å²) in [6.07, 6.45) is 1.38. The van der Waals surface area contributed by atoms with Crippen LogP contribution in [0.4, 0.5) is 5.69 Å². The molecule has 0 saturated carbocycles. The fourth-order valence-electron chi connectivity index (χ4n) is 6.59. The Balaban J connectivity index is 1.21. The summed E-state index contributed by atoms with van der Waals surface area (Å²) in [7, 11) is -13.4. The Hall–Kier alpha value is -5.44. The number of anilines is 1. The van der Waals surface area contributed by atoms with Crippen molar-refractivity contribution < 1.29 is 50.2 Å². The molecule has 6 aromatic rings. The molecule has 1 atom stereocenters. The van der Waals surface area contributed by atoms with Gasteiger partial charge in [0.05, 0.1) is 11.2 Å². The summed E-state index contributed by atoms with van der Waals surface area (Å²) in [6.45, 7) is 0. The van der Waals surface area contributed by atoms with E-state index in [9.17, 15) is 13.7 Å². The smallest absolute Gasteiger partial charge is 0.396 e. The van der Waals surface area contributed by atoms with Gasteiger partial charge < -0.3 is 27.1 Å². The molecule has 13 nitrogen and oxygen atoms in total. The van der Waals surface area contributed by atoms with Crippen LogP contribution in [0.25, 0.3) is 10.9 Å². The molecule has 1 amide bonds. The predicted octanol–water partition coefficient (Wildman–Crippen LogP) is 8.83. The van der Waals surface area contributed by atoms with E-state index in [0.29, 0.717) is 10.9 Å². The van der Waals surface area contributed by atoms with Crippen molar-refractivity contribution in [3.05, 3.63) is 139 Å². The lowest BCUT2D eigenvalue weighted by atomic mass is 9.87. The molecular weight excluding hydrogens is 705 g/mol. The highest BCUT2D eigenvalue weighted by Crippen LogP contribution is 2.70. The van der Waals surface area contributed by atoms with Gasteiger partial charge in [-0.3, -0.25) is 4.79 Å². The molecule has 4 aliphatic rings. The van der Waals surface area contributed by atoms with Gasteiger partial charge in [-0.05, 0) is 48.5 Å². The number of hydrogen-bond donors (Lipinski definition) is 0. The lowest BCUT2D eigenvalue weighted by Gasteiger charge is -2.30. The molecule has 4 aliphatic heterocycles. The number of aromatic nitrogens is 1. The van der Waals surface area contributed by atoms with E-state index in [1.807, 2.05) is 0 Å². The minimum Gasteiger partial charge on any atom is -0.396 e. The van der Waals surface area contributed by atoms with Crippen LogP contribution in [0.1, 0.15) is 11.1 Å². The zero-order chi connectivity index (χ0) is 33.9. The first-order valence-electron chi connectivity index (χ1n) is 15.2. The van der Waals surface area contributed by atoms with E-state index in [4.69, 9.17) is 31.7 Å². The van der Waals surface area contributed by atoms with E-state index in [1.54, 1.807) is 115 Å². The van der Waals surface area contributed by atoms with Crippen LogP contribution in [-0.4, -0.2) is 10.2 Å². The second-order valence-electron chi connectivity index (χ2n) is 11.6. The molecule has 16 heteroatoms. The van der Waals surface area contributed by atoms with Gasteiger partial charge in [0.25, 0.3) is 5.91 Å². The summed E-state index contributed by atoms with van der Waals surface area (Å²) in [6, 6.07) is 32.6. The van der Waals surface area contributed by atoms with E-state index in [-0.39, 0.29) is 51.3 Å². The Bertz CT molecular complexity index is 2520. The maximum Gasteiger partial charge on any atom is 0.589 e. The summed E-state index contributed by atoms with van der Waals surface area (Å²) >= 11 is 0. The van der Waals surface area contributed by atoms with Crippen molar-refractivity contribution >= 4 is 45.8 Å². The molecule has 5 heterocycles. The van der Waals surface area contributed by atoms with Crippen LogP contribution in [0.15, 0.2) is 128 Å². The zero-order valence-electron chi connectivity index (χ0n) is 25.4. The van der Waals surface area contributed by atoms with E-state index in [2.05, 4.69) is 0 Å². The SMILES string of the molecule is O=C1N(P2(=O)Oc3ccccc3O2)c2ccccc2C1(OP1(=O)Oc2ccccc2O1)c1cn(P2(=O)Oc3ccccc3O2)c2ccccc12. The highest BCUT2D eigenvalue weighted by atomic mass is 31.2. The minimum atomic E-state index is -4.68. The van der Waals surface area contributed by atoms with Gasteiger partial charge in [-0.1, -0.05) is 72.8 Å². The van der Waals surface area contributed by atoms with Crippen molar-refractivity contribution in [3.8, 4) is 34.5 Å². The molecule has 1 unspecified atom stereocenters. The molecule has 0 saturated heterocycles. The second kappa shape index (κ2) is 10.1. The fourth-order valence-corrected chi connectivity index (χ4v) is 11.6. The molecule has 0 bridgehead atoms. The minimum absolute atomic E-state index is 0.0492. The summed E-state index contributed by atoms with van der Waals surface area (Å²) in [4.78, 5) is 15.4. The van der Waals surface area contributed by atoms with Crippen LogP contribution in [-0.2, 0) is 28.6 Å². The van der Waals surface area contributed by atoms with Gasteiger partial charge in [-0.2, -0.15) is 4.67 Å². The van der Waals surface area contributed by atoms with Gasteiger partial charge in [0.2, 0.25) is 5.60 Å². The Morgan fingerprint density at radius 2 is 0.980 bits per heavy atom. The molecule has 248 valence electrons. The number of amides is 1. The average molecular weight is 726 g/mol. The molecule has 0 spiro atoms. The molecule has 0 N–H and O–H groups in total. The number of phosphoric acid groups is 1. The molecule has 5 aromatic carbocycles. The van der Waals surface area contributed by atoms with Crippen molar-refractivity contribution in [2.75, 3.05) is 4.67 Å². The number of carbonyl (C=O) groups is 1. The van der Waals surface area contributed by atoms with Crippen molar-refractivity contribution in [1.82, 2.24) is 4.34 Å². The largest absolute Gasteiger partial charge is 0.589 e. The Morgan fingerprint density at radius 3 is 1.56 bits per heavy atom. The van der Waals surface area contributed by atoms with Crippen molar-refractivity contribution in [3.63, 3.8) is 0 Å². The van der Waals surface area contributed by atoms with Crippen LogP contribution in [0.3, 0.4) is 0 Å². The highest BCUT2D eigenvalue weighted by molar-refractivity contribution is 7.58. The molecule has 10 rings (SSSR count). The van der Waals surface area contributed by atoms with Gasteiger partial charge in [-0.15, -0.1) is 0 Å². The lowest BCUT2D eigenvalue weighted by molar-refractivity contribution is -0.129. The number of carbonyl (C=O) groups excluding carboxylic acids is 1. The second-order valence-corrected chi connectivity index (χ2v) is 16.5. The number of rotatable bonds is 5. The van der Waals surface area contributed by atoms with Gasteiger partial charge >= 0.3 is 23.3 Å². The first-order chi connectivity index (χ1) is 24.2. The van der Waals surface area contributed by atoms with Crippen molar-refractivity contribution in [2.45, 2.75) is 5.60 Å². The standard InChI is InChI=1S/C34H21N2O11P3/c37-33-34(47-50(40)45-31-19-9-10-20-32(31)46-50,23-12-2-4-14-26(23)36(33)49(39)43-29-17-7-8-18-30(29)44-49)24-21-35(25-13-3-1-11-22(24)25)48(38)41-27-15-5-6-16-28(27)42-48/h1-21H. The van der Waals surface area contributed by atoms with Gasteiger partial charge in [0, 0.05) is 22.7 Å². The number of fused-ring (bicyclic) bond motifs is 5. The molecule has 50 heavy (non-hydrogen) atoms. The first-order valence-corrected chi connectivity index (χ1v) is 19.7. The van der Waals surface area contributed by atoms with Gasteiger partial charge in [0.15, 0.2) is 34.5 Å². The molecule has 0 radical (unpaired) electrons. The number of nitrogens with zero attached hydrogens (tertiary/aromatic N) is 2. The average Bonchev–Trinajstić information content (AvgIpc) is 3.90. The first kappa shape index (κ1) is 29.5. The highest BCUT2D eigenvalue weighted by Gasteiger charge is 2.66. The lowest BCUT2D eigenvalue weighted by Crippen LogP contribution is -2.42. The summed E-state index contributed by atoms with van der Waals surface area (Å²) in [5.41, 5.74) is -1.84. The van der Waals surface area contributed by atoms with Crippen LogP contribution in [0.2, 0.25) is 0 Å². The molecule has 1 aromatic heterocycles. The van der Waals surface area contributed by atoms with Gasteiger partial charge in [-0.25, -0.2) is 22.6 Å². The van der Waals surface area contributed by atoms with Crippen LogP contribution in [0.5, 0.6) is 34.5 Å². The normalized spacial score (nSPS) is 21.0. The molecular formula is C34H21N2O11P3. The molecule has 0 aliphatic carbocycles. The van der Waals surface area contributed by atoms with Crippen LogP contribution >= 0.6 is 23.3 Å². The zero-order valence-corrected chi connectivity index (χ0v) is 28.0. The summed E-state index contributed by atoms with van der Waals surface area (Å²) in [5, 5.41) is 0.342. The quantitative estimate of drug-likeness (QED) is 0.157. The van der Waals surface area contributed by atoms with E-state index < -0.39 is 34.8 Å². The third kappa shape index (κ3) is 4.00. The monoisotopic (exact) mass is 726 g/mol. The molecule has 0 fully saturated rings. The van der Waals surface area contributed by atoms with Crippen LogP contribution in [0, 0.1) is 0 Å². The van der Waals surface area contributed by atoms with Crippen molar-refractivity contribution in [1.29, 1.82) is 0 Å². The maximum atomic E-state index is 15.4. The maximum absolute atomic E-state index is 15.4. The number of hydrogen-bond acceptors (Lipinski definition) is 11. The Morgan fingerprint density at radius 1 is 0.520 bits per heavy atom. The van der Waals surface area contributed by atoms with Gasteiger partial charge in [0.1, 0.15) is 0 Å². The van der Waals surface area contributed by atoms with Crippen molar-refractivity contribution in [2.24, 2.45) is 0 Å². The third-order valence-corrected chi connectivity index (χ3v) is 13.5. The Kier molecular flexibility index (Phi) is 5.93. The topological polar surface area (TPSA) is 141 Å². The number of para-hydroxylation sites is 8. The summed E-state index contributed by atoms with van der Waals surface area (Å²) in [5.74, 6) is 0.112. The third-order valence-electron chi connectivity index (χ3n) is 8.66. The number of phosphoric ester groups is 1. The fraction of sp³-hybridized carbons (Fsp3) is 0.0294. The van der Waals surface area contributed by atoms with E-state index >= 15 is 4.79 Å². The van der Waals surface area contributed by atoms with Crippen LogP contribution < -0.4 is 31.8 Å². The number of benzene rings is 5.